The summed E-state index contributed by atoms with van der Waals surface area (Å²) < 4.78 is 39.4. The van der Waals surface area contributed by atoms with Gasteiger partial charge in [0.1, 0.15) is 5.01 Å². The first-order chi connectivity index (χ1) is 11.3. The van der Waals surface area contributed by atoms with Crippen molar-refractivity contribution in [2.24, 2.45) is 0 Å². The highest BCUT2D eigenvalue weighted by atomic mass is 32.1. The molecule has 0 aliphatic rings. The third-order valence-corrected chi connectivity index (χ3v) is 5.12. The molecular weight excluding hydrogens is 333 g/mol. The minimum Gasteiger partial charge on any atom is -0.358 e. The van der Waals surface area contributed by atoms with Crippen LogP contribution in [0.1, 0.15) is 16.8 Å². The molecule has 2 aromatic heterocycles. The van der Waals surface area contributed by atoms with Crippen molar-refractivity contribution in [3.63, 3.8) is 0 Å². The van der Waals surface area contributed by atoms with Crippen LogP contribution in [-0.4, -0.2) is 9.97 Å². The third-order valence-electron chi connectivity index (χ3n) is 4.07. The summed E-state index contributed by atoms with van der Waals surface area (Å²) in [5, 5.41) is 1.78. The molecular formula is C18H13F3N2S. The van der Waals surface area contributed by atoms with Gasteiger partial charge < -0.3 is 4.98 Å². The minimum atomic E-state index is -4.36. The van der Waals surface area contributed by atoms with Gasteiger partial charge in [-0.3, -0.25) is 0 Å². The fourth-order valence-electron chi connectivity index (χ4n) is 2.93. The van der Waals surface area contributed by atoms with Crippen LogP contribution in [0.2, 0.25) is 0 Å². The number of alkyl halides is 3. The molecule has 0 aliphatic carbocycles. The molecule has 0 radical (unpaired) electrons. The first kappa shape index (κ1) is 15.2. The van der Waals surface area contributed by atoms with Crippen molar-refractivity contribution in [3.05, 3.63) is 53.2 Å². The predicted molar refractivity (Wildman–Crippen MR) is 91.4 cm³/mol. The van der Waals surface area contributed by atoms with E-state index < -0.39 is 11.7 Å². The number of nitrogens with one attached hydrogen (secondary N) is 1. The summed E-state index contributed by atoms with van der Waals surface area (Å²) in [6.07, 6.45) is -4.36. The third kappa shape index (κ3) is 2.38. The fourth-order valence-corrected chi connectivity index (χ4v) is 3.99. The minimum absolute atomic E-state index is 0.381. The maximum atomic E-state index is 12.9. The number of thiazole rings is 1. The Kier molecular flexibility index (Phi) is 3.22. The van der Waals surface area contributed by atoms with E-state index in [1.807, 2.05) is 26.0 Å². The normalized spacial score (nSPS) is 12.4. The summed E-state index contributed by atoms with van der Waals surface area (Å²) in [5.74, 6) is 0. The molecule has 0 atom stereocenters. The van der Waals surface area contributed by atoms with Gasteiger partial charge in [-0.1, -0.05) is 11.6 Å². The molecule has 2 heterocycles. The summed E-state index contributed by atoms with van der Waals surface area (Å²) in [6.45, 7) is 3.97. The van der Waals surface area contributed by atoms with Gasteiger partial charge in [0, 0.05) is 22.2 Å². The highest BCUT2D eigenvalue weighted by Gasteiger charge is 2.31. The fraction of sp³-hybridized carbons (Fsp3) is 0.167. The van der Waals surface area contributed by atoms with Gasteiger partial charge in [0.25, 0.3) is 0 Å². The van der Waals surface area contributed by atoms with E-state index in [1.54, 1.807) is 0 Å². The molecule has 0 spiro atoms. The lowest BCUT2D eigenvalue weighted by molar-refractivity contribution is -0.137. The van der Waals surface area contributed by atoms with Gasteiger partial charge in [0.05, 0.1) is 15.8 Å². The number of aromatic amines is 1. The largest absolute Gasteiger partial charge is 0.416 e. The molecule has 6 heteroatoms. The van der Waals surface area contributed by atoms with Crippen molar-refractivity contribution < 1.29 is 13.2 Å². The zero-order valence-corrected chi connectivity index (χ0v) is 13.8. The molecule has 0 unspecified atom stereocenters. The number of fused-ring (bicyclic) bond motifs is 2. The van der Waals surface area contributed by atoms with Crippen molar-refractivity contribution in [3.8, 4) is 10.6 Å². The molecule has 0 fully saturated rings. The van der Waals surface area contributed by atoms with E-state index in [9.17, 15) is 13.2 Å². The maximum Gasteiger partial charge on any atom is 0.416 e. The van der Waals surface area contributed by atoms with E-state index in [2.05, 4.69) is 16.0 Å². The van der Waals surface area contributed by atoms with E-state index in [0.717, 1.165) is 49.6 Å². The predicted octanol–water partition coefficient (Wildman–Crippen LogP) is 6.08. The van der Waals surface area contributed by atoms with E-state index in [4.69, 9.17) is 0 Å². The average molecular weight is 346 g/mol. The van der Waals surface area contributed by atoms with Crippen molar-refractivity contribution in [2.45, 2.75) is 20.0 Å². The molecule has 1 N–H and O–H groups in total. The molecule has 0 saturated heterocycles. The van der Waals surface area contributed by atoms with E-state index >= 15 is 0 Å². The molecule has 4 rings (SSSR count). The summed E-state index contributed by atoms with van der Waals surface area (Å²) >= 11 is 1.41. The van der Waals surface area contributed by atoms with Gasteiger partial charge >= 0.3 is 6.18 Å². The first-order valence-corrected chi connectivity index (χ1v) is 8.21. The van der Waals surface area contributed by atoms with Gasteiger partial charge in [-0.05, 0) is 44.2 Å². The van der Waals surface area contributed by atoms with Crippen molar-refractivity contribution in [2.75, 3.05) is 0 Å². The highest BCUT2D eigenvalue weighted by molar-refractivity contribution is 7.21. The quantitative estimate of drug-likeness (QED) is 0.444. The molecule has 24 heavy (non-hydrogen) atoms. The molecule has 0 saturated carbocycles. The molecule has 0 bridgehead atoms. The van der Waals surface area contributed by atoms with Gasteiger partial charge in [0.15, 0.2) is 0 Å². The number of aryl methyl sites for hydroxylation is 2. The Balaban J connectivity index is 1.94. The van der Waals surface area contributed by atoms with Gasteiger partial charge in [-0.15, -0.1) is 11.3 Å². The molecule has 2 nitrogen and oxygen atoms in total. The Morgan fingerprint density at radius 2 is 1.83 bits per heavy atom. The lowest BCUT2D eigenvalue weighted by atomic mass is 10.1. The van der Waals surface area contributed by atoms with Crippen molar-refractivity contribution in [1.82, 2.24) is 9.97 Å². The zero-order chi connectivity index (χ0) is 17.1. The topological polar surface area (TPSA) is 28.7 Å². The van der Waals surface area contributed by atoms with Crippen LogP contribution in [-0.2, 0) is 6.18 Å². The molecule has 0 amide bonds. The Morgan fingerprint density at radius 3 is 2.58 bits per heavy atom. The number of nitrogens with zero attached hydrogens (tertiary/aromatic N) is 1. The smallest absolute Gasteiger partial charge is 0.358 e. The van der Waals surface area contributed by atoms with Crippen LogP contribution >= 0.6 is 11.3 Å². The van der Waals surface area contributed by atoms with Gasteiger partial charge in [-0.2, -0.15) is 13.2 Å². The van der Waals surface area contributed by atoms with Crippen LogP contribution in [0.25, 0.3) is 31.7 Å². The first-order valence-electron chi connectivity index (χ1n) is 7.40. The molecule has 4 aromatic rings. The van der Waals surface area contributed by atoms with Gasteiger partial charge in [-0.25, -0.2) is 4.98 Å². The number of rotatable bonds is 1. The van der Waals surface area contributed by atoms with Crippen LogP contribution in [0, 0.1) is 13.8 Å². The average Bonchev–Trinajstić information content (AvgIpc) is 3.04. The maximum absolute atomic E-state index is 12.9. The lowest BCUT2D eigenvalue weighted by Gasteiger charge is -2.04. The summed E-state index contributed by atoms with van der Waals surface area (Å²) in [6, 6.07) is 9.82. The summed E-state index contributed by atoms with van der Waals surface area (Å²) in [4.78, 5) is 7.79. The number of hydrogen-bond donors (Lipinski definition) is 1. The Bertz CT molecular complexity index is 1070. The zero-order valence-electron chi connectivity index (χ0n) is 13.0. The van der Waals surface area contributed by atoms with Crippen LogP contribution in [0.5, 0.6) is 0 Å². The van der Waals surface area contributed by atoms with Crippen LogP contribution in [0.4, 0.5) is 13.2 Å². The lowest BCUT2D eigenvalue weighted by Crippen LogP contribution is -2.03. The molecule has 122 valence electrons. The summed E-state index contributed by atoms with van der Waals surface area (Å²) in [7, 11) is 0. The number of hydrogen-bond acceptors (Lipinski definition) is 2. The standard InChI is InChI=1S/C18H13F3N2S/c1-9-3-5-13-12(7-9)16(10(2)22-13)17-23-14-8-11(18(19,20)21)4-6-15(14)24-17/h3-8,22H,1-2H3. The van der Waals surface area contributed by atoms with E-state index in [0.29, 0.717) is 5.52 Å². The highest BCUT2D eigenvalue weighted by Crippen LogP contribution is 2.39. The van der Waals surface area contributed by atoms with Crippen LogP contribution in [0.15, 0.2) is 36.4 Å². The second-order valence-corrected chi connectivity index (χ2v) is 6.90. The molecule has 2 aromatic carbocycles. The van der Waals surface area contributed by atoms with E-state index in [-0.39, 0.29) is 0 Å². The van der Waals surface area contributed by atoms with E-state index in [1.165, 1.54) is 17.4 Å². The van der Waals surface area contributed by atoms with Crippen LogP contribution in [0.3, 0.4) is 0 Å². The number of H-pyrrole nitrogens is 1. The number of halogens is 3. The SMILES string of the molecule is Cc1ccc2[nH]c(C)c(-c3nc4cc(C(F)(F)F)ccc4s3)c2c1. The molecule has 0 aliphatic heterocycles. The van der Waals surface area contributed by atoms with Gasteiger partial charge in [0.2, 0.25) is 0 Å². The monoisotopic (exact) mass is 346 g/mol. The second-order valence-electron chi connectivity index (χ2n) is 5.87. The van der Waals surface area contributed by atoms with Crippen molar-refractivity contribution in [1.29, 1.82) is 0 Å². The summed E-state index contributed by atoms with van der Waals surface area (Å²) in [5.41, 5.74) is 3.77. The number of benzene rings is 2. The van der Waals surface area contributed by atoms with Crippen LogP contribution < -0.4 is 0 Å². The Labute approximate surface area is 140 Å². The van der Waals surface area contributed by atoms with Crippen molar-refractivity contribution >= 4 is 32.5 Å². The Morgan fingerprint density at radius 1 is 1.04 bits per heavy atom. The second kappa shape index (κ2) is 5.08. The number of aromatic nitrogens is 2. The Hall–Kier alpha value is -2.34.